The van der Waals surface area contributed by atoms with E-state index in [1.54, 1.807) is 0 Å². The maximum absolute atomic E-state index is 8.69. The van der Waals surface area contributed by atoms with E-state index in [9.17, 15) is 0 Å². The summed E-state index contributed by atoms with van der Waals surface area (Å²) in [5, 5.41) is 8.69. The number of aliphatic hydroxyl groups excluding tert-OH is 1. The molecule has 0 spiro atoms. The Balaban J connectivity index is 0.00000361. The van der Waals surface area contributed by atoms with Crippen molar-refractivity contribution in [3.05, 3.63) is 30.1 Å². The molecule has 2 nitrogen and oxygen atoms in total. The molecule has 0 saturated heterocycles. The van der Waals surface area contributed by atoms with Crippen LogP contribution in [0.1, 0.15) is 64.0 Å². The molecule has 0 aliphatic carbocycles. The highest BCUT2D eigenvalue weighted by atomic mass is 79.9. The van der Waals surface area contributed by atoms with Gasteiger partial charge in [0.1, 0.15) is 6.54 Å². The number of rotatable bonds is 11. The summed E-state index contributed by atoms with van der Waals surface area (Å²) >= 11 is 0. The molecule has 1 aromatic rings. The summed E-state index contributed by atoms with van der Waals surface area (Å²) < 4.78 is 2.39. The summed E-state index contributed by atoms with van der Waals surface area (Å²) in [6.45, 7) is 3.74. The van der Waals surface area contributed by atoms with E-state index in [0.717, 1.165) is 19.4 Å². The Bertz CT molecular complexity index is 331. The highest BCUT2D eigenvalue weighted by molar-refractivity contribution is 4.96. The Morgan fingerprint density at radius 2 is 1.50 bits per heavy atom. The molecule has 0 atom stereocenters. The number of halogens is 1. The van der Waals surface area contributed by atoms with Gasteiger partial charge in [-0.15, -0.1) is 0 Å². The minimum absolute atomic E-state index is 0. The molecule has 1 N–H and O–H groups in total. The van der Waals surface area contributed by atoms with Crippen molar-refractivity contribution >= 4 is 0 Å². The lowest BCUT2D eigenvalue weighted by Crippen LogP contribution is -3.00. The first kappa shape index (κ1) is 19.6. The fraction of sp³-hybridized carbons (Fsp3) is 0.706. The third kappa shape index (κ3) is 8.70. The number of pyridine rings is 1. The standard InChI is InChI=1S/C17H30NO.BrH/c1-2-17-13-9-11-15-18(17)14-10-7-5-3-4-6-8-12-16-19;/h9,11,13,15,19H,2-8,10,12,14,16H2,1H3;1H/q+1;/p-1. The Morgan fingerprint density at radius 1 is 0.900 bits per heavy atom. The average molecular weight is 344 g/mol. The second-order valence-electron chi connectivity index (χ2n) is 5.29. The predicted molar refractivity (Wildman–Crippen MR) is 80.0 cm³/mol. The second kappa shape index (κ2) is 13.6. The number of hydrogen-bond acceptors (Lipinski definition) is 1. The number of nitrogens with zero attached hydrogens (tertiary/aromatic N) is 1. The number of aromatic nitrogens is 1. The van der Waals surface area contributed by atoms with E-state index in [2.05, 4.69) is 35.9 Å². The van der Waals surface area contributed by atoms with Gasteiger partial charge in [-0.2, -0.15) is 0 Å². The normalized spacial score (nSPS) is 10.3. The van der Waals surface area contributed by atoms with Crippen LogP contribution >= 0.6 is 0 Å². The summed E-state index contributed by atoms with van der Waals surface area (Å²) in [5.41, 5.74) is 1.44. The van der Waals surface area contributed by atoms with Crippen LogP contribution in [0.25, 0.3) is 0 Å². The predicted octanol–water partition coefficient (Wildman–Crippen LogP) is 0.654. The lowest BCUT2D eigenvalue weighted by Gasteiger charge is -2.03. The minimum atomic E-state index is 0. The molecule has 20 heavy (non-hydrogen) atoms. The summed E-state index contributed by atoms with van der Waals surface area (Å²) in [4.78, 5) is 0. The van der Waals surface area contributed by atoms with Crippen LogP contribution in [0.5, 0.6) is 0 Å². The molecular weight excluding hydrogens is 314 g/mol. The Hall–Kier alpha value is -0.410. The van der Waals surface area contributed by atoms with E-state index in [0.29, 0.717) is 6.61 Å². The fourth-order valence-corrected chi connectivity index (χ4v) is 2.51. The highest BCUT2D eigenvalue weighted by Crippen LogP contribution is 2.08. The molecule has 0 fully saturated rings. The Kier molecular flexibility index (Phi) is 13.3. The molecule has 0 radical (unpaired) electrons. The zero-order valence-corrected chi connectivity index (χ0v) is 14.4. The van der Waals surface area contributed by atoms with Crippen molar-refractivity contribution in [2.45, 2.75) is 71.3 Å². The van der Waals surface area contributed by atoms with Gasteiger partial charge in [-0.25, -0.2) is 4.57 Å². The van der Waals surface area contributed by atoms with Gasteiger partial charge >= 0.3 is 0 Å². The number of aryl methyl sites for hydroxylation is 2. The third-order valence-corrected chi connectivity index (χ3v) is 3.70. The first-order valence-electron chi connectivity index (χ1n) is 7.96. The van der Waals surface area contributed by atoms with Crippen molar-refractivity contribution in [1.82, 2.24) is 0 Å². The molecule has 0 aliphatic heterocycles. The number of aliphatic hydroxyl groups is 1. The Labute approximate surface area is 135 Å². The lowest BCUT2D eigenvalue weighted by atomic mass is 10.1. The van der Waals surface area contributed by atoms with Crippen LogP contribution in [0.15, 0.2) is 24.4 Å². The van der Waals surface area contributed by atoms with Gasteiger partial charge in [-0.05, 0) is 12.8 Å². The highest BCUT2D eigenvalue weighted by Gasteiger charge is 2.05. The van der Waals surface area contributed by atoms with Crippen LogP contribution in [0.3, 0.4) is 0 Å². The molecular formula is C17H30BrNO. The SMILES string of the molecule is CCc1cccc[n+]1CCCCCCCCCCO.[Br-]. The molecule has 0 aromatic carbocycles. The van der Waals surface area contributed by atoms with Gasteiger partial charge in [0.15, 0.2) is 11.9 Å². The van der Waals surface area contributed by atoms with Gasteiger partial charge in [0, 0.05) is 31.6 Å². The van der Waals surface area contributed by atoms with E-state index < -0.39 is 0 Å². The van der Waals surface area contributed by atoms with E-state index in [-0.39, 0.29) is 17.0 Å². The molecule has 0 unspecified atom stereocenters. The molecule has 0 saturated carbocycles. The van der Waals surface area contributed by atoms with Crippen molar-refractivity contribution in [3.63, 3.8) is 0 Å². The lowest BCUT2D eigenvalue weighted by molar-refractivity contribution is -0.704. The first-order chi connectivity index (χ1) is 9.38. The van der Waals surface area contributed by atoms with Crippen LogP contribution in [0, 0.1) is 0 Å². The second-order valence-corrected chi connectivity index (χ2v) is 5.29. The van der Waals surface area contributed by atoms with E-state index in [1.807, 2.05) is 0 Å². The van der Waals surface area contributed by atoms with Crippen LogP contribution in [0.4, 0.5) is 0 Å². The summed E-state index contributed by atoms with van der Waals surface area (Å²) in [6.07, 6.45) is 13.4. The zero-order chi connectivity index (χ0) is 13.8. The molecule has 3 heteroatoms. The maximum atomic E-state index is 8.69. The summed E-state index contributed by atoms with van der Waals surface area (Å²) in [6, 6.07) is 6.48. The van der Waals surface area contributed by atoms with E-state index in [1.165, 1.54) is 50.6 Å². The number of unbranched alkanes of at least 4 members (excludes halogenated alkanes) is 7. The minimum Gasteiger partial charge on any atom is -1.00 e. The van der Waals surface area contributed by atoms with Gasteiger partial charge in [-0.1, -0.05) is 45.1 Å². The third-order valence-electron chi connectivity index (χ3n) is 3.70. The van der Waals surface area contributed by atoms with Crippen LogP contribution in [-0.4, -0.2) is 11.7 Å². The Morgan fingerprint density at radius 3 is 2.10 bits per heavy atom. The monoisotopic (exact) mass is 343 g/mol. The summed E-state index contributed by atoms with van der Waals surface area (Å²) in [7, 11) is 0. The van der Waals surface area contributed by atoms with Gasteiger partial charge in [-0.3, -0.25) is 0 Å². The molecule has 1 rings (SSSR count). The fourth-order valence-electron chi connectivity index (χ4n) is 2.51. The molecule has 1 aromatic heterocycles. The van der Waals surface area contributed by atoms with Gasteiger partial charge < -0.3 is 22.1 Å². The van der Waals surface area contributed by atoms with Gasteiger partial charge in [0.25, 0.3) is 0 Å². The van der Waals surface area contributed by atoms with Crippen molar-refractivity contribution in [1.29, 1.82) is 0 Å². The maximum Gasteiger partial charge on any atom is 0.181 e. The summed E-state index contributed by atoms with van der Waals surface area (Å²) in [5.74, 6) is 0. The largest absolute Gasteiger partial charge is 1.00 e. The molecule has 0 aliphatic rings. The van der Waals surface area contributed by atoms with Crippen molar-refractivity contribution in [3.8, 4) is 0 Å². The van der Waals surface area contributed by atoms with Crippen LogP contribution in [-0.2, 0) is 13.0 Å². The number of hydrogen-bond donors (Lipinski definition) is 1. The quantitative estimate of drug-likeness (QED) is 0.463. The van der Waals surface area contributed by atoms with E-state index in [4.69, 9.17) is 5.11 Å². The molecule has 116 valence electrons. The van der Waals surface area contributed by atoms with Gasteiger partial charge in [0.2, 0.25) is 0 Å². The van der Waals surface area contributed by atoms with Crippen molar-refractivity contribution < 1.29 is 26.7 Å². The van der Waals surface area contributed by atoms with Gasteiger partial charge in [0.05, 0.1) is 0 Å². The molecule has 0 bridgehead atoms. The van der Waals surface area contributed by atoms with E-state index >= 15 is 0 Å². The average Bonchev–Trinajstić information content (AvgIpc) is 2.46. The topological polar surface area (TPSA) is 24.1 Å². The molecule has 0 amide bonds. The van der Waals surface area contributed by atoms with Crippen LogP contribution < -0.4 is 21.5 Å². The first-order valence-corrected chi connectivity index (χ1v) is 7.96. The zero-order valence-electron chi connectivity index (χ0n) is 12.9. The van der Waals surface area contributed by atoms with Crippen molar-refractivity contribution in [2.75, 3.05) is 6.61 Å². The van der Waals surface area contributed by atoms with Crippen LogP contribution in [0.2, 0.25) is 0 Å². The van der Waals surface area contributed by atoms with Crippen molar-refractivity contribution in [2.24, 2.45) is 0 Å². The molecule has 1 heterocycles. The smallest absolute Gasteiger partial charge is 0.181 e.